The van der Waals surface area contributed by atoms with Crippen molar-refractivity contribution in [2.45, 2.75) is 6.92 Å². The summed E-state index contributed by atoms with van der Waals surface area (Å²) in [6, 6.07) is 25.4. The van der Waals surface area contributed by atoms with Crippen molar-refractivity contribution in [3.8, 4) is 11.3 Å². The number of ketones is 1. The lowest BCUT2D eigenvalue weighted by molar-refractivity contribution is -0.113. The van der Waals surface area contributed by atoms with Crippen molar-refractivity contribution in [1.82, 2.24) is 0 Å². The molecule has 1 aromatic heterocycles. The number of carbonyl (C=O) groups excluding carboxylic acids is 2. The topological polar surface area (TPSA) is 50.5 Å². The minimum absolute atomic E-state index is 0.0673. The van der Waals surface area contributed by atoms with Crippen molar-refractivity contribution in [3.05, 3.63) is 124 Å². The molecule has 172 valence electrons. The number of anilines is 1. The Bertz CT molecular complexity index is 1520. The van der Waals surface area contributed by atoms with Gasteiger partial charge in [-0.05, 0) is 67.1 Å². The summed E-state index contributed by atoms with van der Waals surface area (Å²) in [6.07, 6.45) is 3.52. The number of furan rings is 1. The van der Waals surface area contributed by atoms with E-state index in [0.717, 1.165) is 5.56 Å². The number of halogens is 2. The molecule has 6 heteroatoms. The van der Waals surface area contributed by atoms with Crippen LogP contribution < -0.4 is 4.90 Å². The summed E-state index contributed by atoms with van der Waals surface area (Å²) >= 11 is 12.4. The first-order valence-electron chi connectivity index (χ1n) is 10.9. The number of hydrogen-bond acceptors (Lipinski definition) is 3. The highest BCUT2D eigenvalue weighted by molar-refractivity contribution is 6.35. The summed E-state index contributed by atoms with van der Waals surface area (Å²) in [5.41, 5.74) is 3.87. The molecule has 35 heavy (non-hydrogen) atoms. The lowest BCUT2D eigenvalue weighted by atomic mass is 10.1. The zero-order chi connectivity index (χ0) is 24.5. The molecule has 0 atom stereocenters. The number of hydrogen-bond donors (Lipinski definition) is 0. The van der Waals surface area contributed by atoms with E-state index in [1.807, 2.05) is 42.5 Å². The van der Waals surface area contributed by atoms with E-state index in [2.05, 4.69) is 0 Å². The van der Waals surface area contributed by atoms with Gasteiger partial charge in [0.2, 0.25) is 0 Å². The molecule has 0 N–H and O–H groups in total. The van der Waals surface area contributed by atoms with E-state index in [0.29, 0.717) is 49.7 Å². The molecule has 0 saturated carbocycles. The van der Waals surface area contributed by atoms with Crippen molar-refractivity contribution in [1.29, 1.82) is 0 Å². The van der Waals surface area contributed by atoms with E-state index >= 15 is 0 Å². The molecule has 1 aliphatic rings. The fraction of sp³-hybridized carbons (Fsp3) is 0.0345. The number of nitrogens with zero attached hydrogens (tertiary/aromatic N) is 1. The largest absolute Gasteiger partial charge is 0.457 e. The maximum absolute atomic E-state index is 13.6. The van der Waals surface area contributed by atoms with E-state index in [1.54, 1.807) is 59.5 Å². The summed E-state index contributed by atoms with van der Waals surface area (Å²) in [6.45, 7) is 1.50. The van der Waals surface area contributed by atoms with Crippen LogP contribution in [0.1, 0.15) is 28.6 Å². The Kier molecular flexibility index (Phi) is 6.16. The Morgan fingerprint density at radius 1 is 0.914 bits per heavy atom. The zero-order valence-corrected chi connectivity index (χ0v) is 20.2. The molecular formula is C29H19Cl2NO3. The van der Waals surface area contributed by atoms with Crippen molar-refractivity contribution < 1.29 is 14.0 Å². The second kappa shape index (κ2) is 9.41. The zero-order valence-electron chi connectivity index (χ0n) is 18.7. The first kappa shape index (κ1) is 22.9. The molecule has 4 aromatic rings. The average Bonchev–Trinajstić information content (AvgIpc) is 3.46. The molecule has 1 aliphatic heterocycles. The Labute approximate surface area is 212 Å². The van der Waals surface area contributed by atoms with Gasteiger partial charge in [0, 0.05) is 27.4 Å². The van der Waals surface area contributed by atoms with Crippen LogP contribution in [0, 0.1) is 0 Å². The van der Waals surface area contributed by atoms with Gasteiger partial charge in [0.05, 0.1) is 10.7 Å². The molecule has 0 spiro atoms. The molecule has 0 aliphatic carbocycles. The van der Waals surface area contributed by atoms with E-state index in [9.17, 15) is 9.59 Å². The first-order chi connectivity index (χ1) is 16.9. The van der Waals surface area contributed by atoms with Gasteiger partial charge >= 0.3 is 0 Å². The number of carbonyl (C=O) groups is 2. The van der Waals surface area contributed by atoms with Crippen LogP contribution in [0.25, 0.3) is 23.1 Å². The molecule has 1 amide bonds. The Balaban J connectivity index is 1.56. The maximum Gasteiger partial charge on any atom is 0.263 e. The standard InChI is InChI=1S/C29H19Cl2NO3/c1-18(33)20-8-5-9-23(14-20)32-27(19-6-3-2-4-7-19)16-21(29(32)34)15-24-11-13-28(35-24)25-17-22(30)10-12-26(25)31/h2-17H,1H3/b21-15+. The second-order valence-electron chi connectivity index (χ2n) is 8.07. The van der Waals surface area contributed by atoms with Gasteiger partial charge < -0.3 is 4.42 Å². The van der Waals surface area contributed by atoms with E-state index in [1.165, 1.54) is 6.92 Å². The third-order valence-corrected chi connectivity index (χ3v) is 6.25. The molecule has 2 heterocycles. The van der Waals surface area contributed by atoms with E-state index in [4.69, 9.17) is 27.6 Å². The monoisotopic (exact) mass is 499 g/mol. The van der Waals surface area contributed by atoms with Crippen LogP contribution in [-0.2, 0) is 4.79 Å². The molecular weight excluding hydrogens is 481 g/mol. The van der Waals surface area contributed by atoms with Gasteiger partial charge in [0.1, 0.15) is 11.5 Å². The number of benzene rings is 3. The van der Waals surface area contributed by atoms with Gasteiger partial charge in [-0.15, -0.1) is 0 Å². The Morgan fingerprint density at radius 3 is 2.49 bits per heavy atom. The SMILES string of the molecule is CC(=O)c1cccc(N2C(=O)/C(=C/c3ccc(-c4cc(Cl)ccc4Cl)o3)C=C2c2ccccc2)c1. The van der Waals surface area contributed by atoms with Crippen LogP contribution in [0.3, 0.4) is 0 Å². The molecule has 5 rings (SSSR count). The highest BCUT2D eigenvalue weighted by Gasteiger charge is 2.31. The molecule has 0 unspecified atom stereocenters. The molecule has 0 bridgehead atoms. The molecule has 3 aromatic carbocycles. The third kappa shape index (κ3) is 4.59. The average molecular weight is 500 g/mol. The Hall–Kier alpha value is -3.86. The highest BCUT2D eigenvalue weighted by Crippen LogP contribution is 2.37. The minimum atomic E-state index is -0.219. The molecule has 0 saturated heterocycles. The van der Waals surface area contributed by atoms with Gasteiger partial charge in [-0.3, -0.25) is 14.5 Å². The summed E-state index contributed by atoms with van der Waals surface area (Å²) < 4.78 is 5.98. The first-order valence-corrected chi connectivity index (χ1v) is 11.7. The number of Topliss-reactive ketones (excluding diaryl/α,β-unsaturated/α-hetero) is 1. The van der Waals surface area contributed by atoms with Gasteiger partial charge in [0.25, 0.3) is 5.91 Å². The fourth-order valence-electron chi connectivity index (χ4n) is 3.97. The lowest BCUT2D eigenvalue weighted by Crippen LogP contribution is -2.25. The minimum Gasteiger partial charge on any atom is -0.457 e. The van der Waals surface area contributed by atoms with Crippen LogP contribution in [0.4, 0.5) is 5.69 Å². The van der Waals surface area contributed by atoms with Crippen molar-refractivity contribution in [2.24, 2.45) is 0 Å². The summed E-state index contributed by atoms with van der Waals surface area (Å²) in [4.78, 5) is 27.2. The number of rotatable bonds is 5. The number of amides is 1. The maximum atomic E-state index is 13.6. The quantitative estimate of drug-likeness (QED) is 0.207. The van der Waals surface area contributed by atoms with Gasteiger partial charge in [-0.25, -0.2) is 0 Å². The molecule has 0 fully saturated rings. The van der Waals surface area contributed by atoms with Crippen molar-refractivity contribution in [2.75, 3.05) is 4.90 Å². The third-order valence-electron chi connectivity index (χ3n) is 5.68. The van der Waals surface area contributed by atoms with Crippen LogP contribution >= 0.6 is 23.2 Å². The normalized spacial score (nSPS) is 14.5. The highest BCUT2D eigenvalue weighted by atomic mass is 35.5. The van der Waals surface area contributed by atoms with E-state index < -0.39 is 0 Å². The van der Waals surface area contributed by atoms with E-state index in [-0.39, 0.29) is 11.7 Å². The molecule has 4 nitrogen and oxygen atoms in total. The summed E-state index contributed by atoms with van der Waals surface area (Å²) in [5.74, 6) is 0.765. The predicted molar refractivity (Wildman–Crippen MR) is 140 cm³/mol. The smallest absolute Gasteiger partial charge is 0.263 e. The predicted octanol–water partition coefficient (Wildman–Crippen LogP) is 7.93. The van der Waals surface area contributed by atoms with Gasteiger partial charge in [-0.1, -0.05) is 65.7 Å². The van der Waals surface area contributed by atoms with Crippen LogP contribution in [0.5, 0.6) is 0 Å². The molecule has 0 radical (unpaired) electrons. The summed E-state index contributed by atoms with van der Waals surface area (Å²) in [5, 5.41) is 1.06. The van der Waals surface area contributed by atoms with Gasteiger partial charge in [0.15, 0.2) is 5.78 Å². The van der Waals surface area contributed by atoms with Crippen molar-refractivity contribution in [3.63, 3.8) is 0 Å². The van der Waals surface area contributed by atoms with Crippen LogP contribution in [-0.4, -0.2) is 11.7 Å². The lowest BCUT2D eigenvalue weighted by Gasteiger charge is -2.21. The van der Waals surface area contributed by atoms with Gasteiger partial charge in [-0.2, -0.15) is 0 Å². The van der Waals surface area contributed by atoms with Crippen LogP contribution in [0.2, 0.25) is 10.0 Å². The van der Waals surface area contributed by atoms with Crippen molar-refractivity contribution >= 4 is 52.4 Å². The second-order valence-corrected chi connectivity index (χ2v) is 8.91. The summed E-state index contributed by atoms with van der Waals surface area (Å²) in [7, 11) is 0. The fourth-order valence-corrected chi connectivity index (χ4v) is 4.35. The van der Waals surface area contributed by atoms with Crippen LogP contribution in [0.15, 0.2) is 101 Å². The Morgan fingerprint density at radius 2 is 1.71 bits per heavy atom.